The molecule has 0 atom stereocenters. The smallest absolute Gasteiger partial charge is 0.302 e. The Bertz CT molecular complexity index is 1140. The first-order valence-corrected chi connectivity index (χ1v) is 9.14. The Balaban J connectivity index is 1.91. The molecule has 28 heavy (non-hydrogen) atoms. The average molecular weight is 376 g/mol. The fraction of sp³-hybridized carbons (Fsp3) is 0.238. The molecular weight excluding hydrogens is 356 g/mol. The first kappa shape index (κ1) is 18.1. The maximum Gasteiger partial charge on any atom is 0.348 e. The zero-order valence-corrected chi connectivity index (χ0v) is 15.5. The minimum atomic E-state index is -0.427. The van der Waals surface area contributed by atoms with Crippen LogP contribution in [0.1, 0.15) is 6.42 Å². The number of hydrogen-bond donors (Lipinski definition) is 0. The second-order valence-electron chi connectivity index (χ2n) is 7.03. The number of likely N-dealkylation sites (N-methyl/N-ethyl adjacent to an activating group) is 1. The summed E-state index contributed by atoms with van der Waals surface area (Å²) in [7, 11) is 2.06. The third-order valence-corrected chi connectivity index (χ3v) is 5.09. The van der Waals surface area contributed by atoms with Crippen LogP contribution in [0, 0.1) is 10.1 Å². The monoisotopic (exact) mass is 376 g/mol. The Kier molecular flexibility index (Phi) is 4.75. The molecule has 1 aliphatic rings. The standard InChI is InChI=1S/C21H20N4O3/c1-23-11-9-15(10-12-23)14-24-19-8-7-17(25(27)28)13-18(19)20(22-21(24)26)16-5-3-2-4-6-16/h2-9,13H,10-12,14H2,1H3. The highest BCUT2D eigenvalue weighted by Gasteiger charge is 2.17. The summed E-state index contributed by atoms with van der Waals surface area (Å²) >= 11 is 0. The van der Waals surface area contributed by atoms with Crippen LogP contribution in [-0.2, 0) is 6.54 Å². The van der Waals surface area contributed by atoms with Gasteiger partial charge in [-0.15, -0.1) is 0 Å². The van der Waals surface area contributed by atoms with Gasteiger partial charge in [-0.25, -0.2) is 4.79 Å². The van der Waals surface area contributed by atoms with Gasteiger partial charge < -0.3 is 4.90 Å². The molecule has 0 aliphatic carbocycles. The van der Waals surface area contributed by atoms with E-state index in [1.165, 1.54) is 17.7 Å². The van der Waals surface area contributed by atoms with E-state index in [0.717, 1.165) is 25.1 Å². The summed E-state index contributed by atoms with van der Waals surface area (Å²) in [5.74, 6) is 0. The molecule has 0 saturated heterocycles. The van der Waals surface area contributed by atoms with Gasteiger partial charge in [0.1, 0.15) is 0 Å². The van der Waals surface area contributed by atoms with Crippen LogP contribution in [-0.4, -0.2) is 39.5 Å². The van der Waals surface area contributed by atoms with E-state index in [4.69, 9.17) is 0 Å². The normalized spacial score (nSPS) is 14.8. The van der Waals surface area contributed by atoms with Crippen LogP contribution in [0.2, 0.25) is 0 Å². The van der Waals surface area contributed by atoms with Crippen molar-refractivity contribution in [1.29, 1.82) is 0 Å². The van der Waals surface area contributed by atoms with Gasteiger partial charge in [0.15, 0.2) is 0 Å². The van der Waals surface area contributed by atoms with Crippen molar-refractivity contribution in [2.75, 3.05) is 20.1 Å². The van der Waals surface area contributed by atoms with Crippen molar-refractivity contribution >= 4 is 16.6 Å². The lowest BCUT2D eigenvalue weighted by Gasteiger charge is -2.23. The minimum Gasteiger partial charge on any atom is -0.302 e. The van der Waals surface area contributed by atoms with Crippen LogP contribution in [0.4, 0.5) is 5.69 Å². The van der Waals surface area contributed by atoms with Crippen LogP contribution in [0.5, 0.6) is 0 Å². The Morgan fingerprint density at radius 3 is 2.64 bits per heavy atom. The van der Waals surface area contributed by atoms with Gasteiger partial charge in [-0.3, -0.25) is 14.7 Å². The van der Waals surface area contributed by atoms with E-state index in [1.807, 2.05) is 30.3 Å². The second-order valence-corrected chi connectivity index (χ2v) is 7.03. The Labute approximate surface area is 161 Å². The molecule has 3 aromatic rings. The molecule has 7 nitrogen and oxygen atoms in total. The highest BCUT2D eigenvalue weighted by Crippen LogP contribution is 2.29. The largest absolute Gasteiger partial charge is 0.348 e. The van der Waals surface area contributed by atoms with Crippen molar-refractivity contribution in [3.8, 4) is 11.3 Å². The number of aromatic nitrogens is 2. The van der Waals surface area contributed by atoms with Crippen molar-refractivity contribution in [2.24, 2.45) is 0 Å². The van der Waals surface area contributed by atoms with Crippen molar-refractivity contribution in [3.63, 3.8) is 0 Å². The predicted octanol–water partition coefficient (Wildman–Crippen LogP) is 3.23. The third-order valence-electron chi connectivity index (χ3n) is 5.09. The zero-order chi connectivity index (χ0) is 19.7. The fourth-order valence-electron chi connectivity index (χ4n) is 3.51. The molecule has 0 saturated carbocycles. The molecule has 0 fully saturated rings. The number of nitro benzene ring substituents is 1. The Hall–Kier alpha value is -3.32. The molecule has 1 aromatic heterocycles. The highest BCUT2D eigenvalue weighted by molar-refractivity contribution is 5.93. The number of fused-ring (bicyclic) bond motifs is 1. The second kappa shape index (κ2) is 7.36. The Morgan fingerprint density at radius 1 is 1.18 bits per heavy atom. The number of benzene rings is 2. The molecule has 2 aromatic carbocycles. The SMILES string of the molecule is CN1CC=C(Cn2c(=O)nc(-c3ccccc3)c3cc([N+](=O)[O-])ccc32)CC1. The number of nitrogens with zero attached hydrogens (tertiary/aromatic N) is 4. The molecule has 2 heterocycles. The maximum absolute atomic E-state index is 12.9. The molecule has 7 heteroatoms. The van der Waals surface area contributed by atoms with Crippen molar-refractivity contribution in [2.45, 2.75) is 13.0 Å². The summed E-state index contributed by atoms with van der Waals surface area (Å²) in [6.07, 6.45) is 3.02. The quantitative estimate of drug-likeness (QED) is 0.397. The lowest BCUT2D eigenvalue weighted by molar-refractivity contribution is -0.384. The topological polar surface area (TPSA) is 81.3 Å². The molecule has 0 spiro atoms. The third kappa shape index (κ3) is 3.44. The molecule has 0 N–H and O–H groups in total. The van der Waals surface area contributed by atoms with Crippen LogP contribution < -0.4 is 5.69 Å². The number of nitro groups is 1. The van der Waals surface area contributed by atoms with E-state index in [1.54, 1.807) is 10.6 Å². The summed E-state index contributed by atoms with van der Waals surface area (Å²) in [4.78, 5) is 30.2. The summed E-state index contributed by atoms with van der Waals surface area (Å²) < 4.78 is 1.61. The molecule has 0 amide bonds. The summed E-state index contributed by atoms with van der Waals surface area (Å²) in [5, 5.41) is 11.9. The van der Waals surface area contributed by atoms with E-state index < -0.39 is 4.92 Å². The van der Waals surface area contributed by atoms with Crippen molar-refractivity contribution < 1.29 is 4.92 Å². The molecule has 0 bridgehead atoms. The molecule has 142 valence electrons. The zero-order valence-electron chi connectivity index (χ0n) is 15.5. The van der Waals surface area contributed by atoms with Gasteiger partial charge >= 0.3 is 5.69 Å². The van der Waals surface area contributed by atoms with E-state index in [0.29, 0.717) is 23.1 Å². The Morgan fingerprint density at radius 2 is 1.96 bits per heavy atom. The lowest BCUT2D eigenvalue weighted by Crippen LogP contribution is -2.29. The first-order valence-electron chi connectivity index (χ1n) is 9.14. The van der Waals surface area contributed by atoms with E-state index in [-0.39, 0.29) is 11.4 Å². The van der Waals surface area contributed by atoms with Crippen LogP contribution in [0.15, 0.2) is 65.0 Å². The van der Waals surface area contributed by atoms with Gasteiger partial charge in [-0.2, -0.15) is 4.98 Å². The maximum atomic E-state index is 12.9. The fourth-order valence-corrected chi connectivity index (χ4v) is 3.51. The van der Waals surface area contributed by atoms with Gasteiger partial charge in [0.05, 0.1) is 16.1 Å². The van der Waals surface area contributed by atoms with Crippen LogP contribution in [0.3, 0.4) is 0 Å². The molecular formula is C21H20N4O3. The first-order chi connectivity index (χ1) is 13.5. The number of non-ortho nitro benzene ring substituents is 1. The minimum absolute atomic E-state index is 0.0183. The van der Waals surface area contributed by atoms with Gasteiger partial charge in [0.2, 0.25) is 0 Å². The van der Waals surface area contributed by atoms with E-state index in [2.05, 4.69) is 23.0 Å². The van der Waals surface area contributed by atoms with Gasteiger partial charge in [0, 0.05) is 42.7 Å². The van der Waals surface area contributed by atoms with Crippen molar-refractivity contribution in [1.82, 2.24) is 14.5 Å². The predicted molar refractivity (Wildman–Crippen MR) is 108 cm³/mol. The summed E-state index contributed by atoms with van der Waals surface area (Å²) in [6.45, 7) is 2.24. The van der Waals surface area contributed by atoms with Crippen molar-refractivity contribution in [3.05, 3.63) is 80.8 Å². The molecule has 0 unspecified atom stereocenters. The van der Waals surface area contributed by atoms with E-state index >= 15 is 0 Å². The highest BCUT2D eigenvalue weighted by atomic mass is 16.6. The summed E-state index contributed by atoms with van der Waals surface area (Å²) in [6, 6.07) is 13.9. The van der Waals surface area contributed by atoms with E-state index in [9.17, 15) is 14.9 Å². The molecule has 1 aliphatic heterocycles. The van der Waals surface area contributed by atoms with Gasteiger partial charge in [-0.1, -0.05) is 42.0 Å². The molecule has 0 radical (unpaired) electrons. The summed E-state index contributed by atoms with van der Waals surface area (Å²) in [5.41, 5.74) is 2.70. The average Bonchev–Trinajstić information content (AvgIpc) is 2.71. The number of hydrogen-bond acceptors (Lipinski definition) is 5. The van der Waals surface area contributed by atoms with Gasteiger partial charge in [0.25, 0.3) is 5.69 Å². The number of rotatable bonds is 4. The van der Waals surface area contributed by atoms with Crippen LogP contribution >= 0.6 is 0 Å². The molecule has 4 rings (SSSR count). The lowest BCUT2D eigenvalue weighted by atomic mass is 10.0. The van der Waals surface area contributed by atoms with Crippen LogP contribution in [0.25, 0.3) is 22.2 Å². The van der Waals surface area contributed by atoms with Gasteiger partial charge in [-0.05, 0) is 19.5 Å².